The third kappa shape index (κ3) is 5.56. The zero-order valence-corrected chi connectivity index (χ0v) is 14.8. The Morgan fingerprint density at radius 2 is 1.96 bits per heavy atom. The molecule has 1 heterocycles. The lowest BCUT2D eigenvalue weighted by molar-refractivity contribution is -0.231. The molecule has 1 aliphatic heterocycles. The van der Waals surface area contributed by atoms with Gasteiger partial charge in [-0.15, -0.1) is 0 Å². The molecule has 2 aliphatic rings. The molecule has 2 rings (SSSR count). The van der Waals surface area contributed by atoms with E-state index in [2.05, 4.69) is 29.6 Å². The van der Waals surface area contributed by atoms with Gasteiger partial charge in [-0.05, 0) is 25.0 Å². The molecule has 1 fully saturated rings. The van der Waals surface area contributed by atoms with E-state index >= 15 is 0 Å². The summed E-state index contributed by atoms with van der Waals surface area (Å²) in [5.41, 5.74) is 10.6. The summed E-state index contributed by atoms with van der Waals surface area (Å²) in [4.78, 5) is 5.45. The van der Waals surface area contributed by atoms with Crippen LogP contribution in [0.3, 0.4) is 0 Å². The van der Waals surface area contributed by atoms with Crippen molar-refractivity contribution in [3.8, 4) is 0 Å². The van der Waals surface area contributed by atoms with E-state index in [4.69, 9.17) is 19.7 Å². The van der Waals surface area contributed by atoms with E-state index in [1.54, 1.807) is 0 Å². The highest BCUT2D eigenvalue weighted by Crippen LogP contribution is 2.23. The number of allylic oxidation sites excluding steroid dienone is 3. The first-order valence-corrected chi connectivity index (χ1v) is 8.99. The number of unbranched alkanes of at least 4 members (excludes halogenated alkanes) is 2. The summed E-state index contributed by atoms with van der Waals surface area (Å²) in [6.07, 6.45) is 10.4. The molecule has 134 valence electrons. The first-order chi connectivity index (χ1) is 11.8. The minimum atomic E-state index is -0.232. The molecular formula is C18H29N3O3. The normalized spacial score (nSPS) is 24.0. The largest absolute Gasteiger partial charge is 0.361 e. The highest BCUT2D eigenvalue weighted by molar-refractivity contribution is 5.93. The van der Waals surface area contributed by atoms with E-state index in [9.17, 15) is 0 Å². The van der Waals surface area contributed by atoms with Crippen LogP contribution >= 0.6 is 0 Å². The fourth-order valence-corrected chi connectivity index (χ4v) is 2.66. The SMILES string of the molecule is CCCCOC1CN(C2=CCC(=[N+]=[N-])C=C2)C(OCCCC)CO1. The van der Waals surface area contributed by atoms with Crippen LogP contribution in [-0.2, 0) is 14.2 Å². The van der Waals surface area contributed by atoms with Crippen LogP contribution in [0.15, 0.2) is 23.9 Å². The fraction of sp³-hybridized carbons (Fsp3) is 0.722. The smallest absolute Gasteiger partial charge is 0.295 e. The van der Waals surface area contributed by atoms with E-state index < -0.39 is 0 Å². The van der Waals surface area contributed by atoms with Crippen LogP contribution in [0.4, 0.5) is 0 Å². The Morgan fingerprint density at radius 1 is 1.21 bits per heavy atom. The number of hydrogen-bond acceptors (Lipinski definition) is 4. The molecule has 2 unspecified atom stereocenters. The van der Waals surface area contributed by atoms with E-state index in [-0.39, 0.29) is 12.5 Å². The lowest BCUT2D eigenvalue weighted by Crippen LogP contribution is -2.51. The van der Waals surface area contributed by atoms with E-state index in [1.165, 1.54) is 0 Å². The van der Waals surface area contributed by atoms with Crippen molar-refractivity contribution in [1.29, 1.82) is 0 Å². The monoisotopic (exact) mass is 335 g/mol. The average molecular weight is 335 g/mol. The Bertz CT molecular complexity index is 498. The second-order valence-electron chi connectivity index (χ2n) is 6.08. The summed E-state index contributed by atoms with van der Waals surface area (Å²) in [6, 6.07) is 0. The Kier molecular flexibility index (Phi) is 8.19. The summed E-state index contributed by atoms with van der Waals surface area (Å²) in [6.45, 7) is 6.87. The summed E-state index contributed by atoms with van der Waals surface area (Å²) in [7, 11) is 0. The van der Waals surface area contributed by atoms with Crippen molar-refractivity contribution < 1.29 is 19.0 Å². The molecule has 6 heteroatoms. The first-order valence-electron chi connectivity index (χ1n) is 8.99. The Labute approximate surface area is 144 Å². The van der Waals surface area contributed by atoms with Gasteiger partial charge in [0.05, 0.1) is 19.6 Å². The van der Waals surface area contributed by atoms with Gasteiger partial charge in [-0.3, -0.25) is 0 Å². The van der Waals surface area contributed by atoms with Gasteiger partial charge < -0.3 is 24.6 Å². The standard InChI is InChI=1S/C18H29N3O3/c1-3-5-11-22-17-14-24-18(23-12-6-4-2)13-21(17)16-9-7-15(20-19)8-10-16/h7,9-10,17-18H,3-6,8,11-14H2,1-2H3. The Hall–Kier alpha value is -1.46. The minimum Gasteiger partial charge on any atom is -0.361 e. The third-order valence-corrected chi connectivity index (χ3v) is 4.15. The van der Waals surface area contributed by atoms with Crippen LogP contribution < -0.4 is 0 Å². The highest BCUT2D eigenvalue weighted by Gasteiger charge is 2.31. The molecule has 24 heavy (non-hydrogen) atoms. The molecule has 0 saturated carbocycles. The molecule has 1 aliphatic carbocycles. The van der Waals surface area contributed by atoms with Gasteiger partial charge in [0.1, 0.15) is 0 Å². The van der Waals surface area contributed by atoms with Crippen LogP contribution in [0.1, 0.15) is 46.0 Å². The van der Waals surface area contributed by atoms with Gasteiger partial charge in [0.25, 0.3) is 5.71 Å². The van der Waals surface area contributed by atoms with Gasteiger partial charge in [0.2, 0.25) is 0 Å². The molecule has 0 amide bonds. The molecule has 0 aromatic carbocycles. The summed E-state index contributed by atoms with van der Waals surface area (Å²) in [5.74, 6) is 0. The van der Waals surface area contributed by atoms with Crippen LogP contribution in [0, 0.1) is 0 Å². The van der Waals surface area contributed by atoms with Crippen molar-refractivity contribution in [2.45, 2.75) is 58.5 Å². The van der Waals surface area contributed by atoms with Crippen LogP contribution in [-0.4, -0.2) is 54.3 Å². The molecule has 0 aromatic heterocycles. The van der Waals surface area contributed by atoms with Gasteiger partial charge in [-0.25, -0.2) is 0 Å². The predicted molar refractivity (Wildman–Crippen MR) is 92.4 cm³/mol. The first kappa shape index (κ1) is 18.9. The van der Waals surface area contributed by atoms with Gasteiger partial charge in [0.15, 0.2) is 12.5 Å². The van der Waals surface area contributed by atoms with Crippen molar-refractivity contribution in [3.63, 3.8) is 0 Å². The second kappa shape index (κ2) is 10.4. The Morgan fingerprint density at radius 3 is 2.58 bits per heavy atom. The maximum Gasteiger partial charge on any atom is 0.295 e. The molecule has 1 saturated heterocycles. The number of morpholine rings is 1. The quantitative estimate of drug-likeness (QED) is 0.369. The van der Waals surface area contributed by atoms with E-state index in [1.807, 2.05) is 12.2 Å². The predicted octanol–water partition coefficient (Wildman–Crippen LogP) is 3.12. The highest BCUT2D eigenvalue weighted by atomic mass is 16.7. The summed E-state index contributed by atoms with van der Waals surface area (Å²) in [5, 5.41) is 0. The lowest BCUT2D eigenvalue weighted by Gasteiger charge is -2.41. The number of nitrogens with zero attached hydrogens (tertiary/aromatic N) is 3. The van der Waals surface area contributed by atoms with E-state index in [0.717, 1.165) is 38.0 Å². The number of rotatable bonds is 9. The topological polar surface area (TPSA) is 67.3 Å². The maximum absolute atomic E-state index is 8.87. The van der Waals surface area contributed by atoms with Crippen LogP contribution in [0.5, 0.6) is 0 Å². The molecule has 0 spiro atoms. The molecule has 0 bridgehead atoms. The van der Waals surface area contributed by atoms with E-state index in [0.29, 0.717) is 31.9 Å². The average Bonchev–Trinajstić information content (AvgIpc) is 2.63. The van der Waals surface area contributed by atoms with Crippen molar-refractivity contribution >= 4 is 5.71 Å². The van der Waals surface area contributed by atoms with Gasteiger partial charge in [-0.2, -0.15) is 4.79 Å². The second-order valence-corrected chi connectivity index (χ2v) is 6.08. The molecule has 0 aromatic rings. The van der Waals surface area contributed by atoms with Crippen molar-refractivity contribution in [3.05, 3.63) is 29.5 Å². The van der Waals surface area contributed by atoms with Crippen LogP contribution in [0.2, 0.25) is 0 Å². The van der Waals surface area contributed by atoms with Crippen molar-refractivity contribution in [2.24, 2.45) is 0 Å². The Balaban J connectivity index is 1.99. The maximum atomic E-state index is 8.87. The lowest BCUT2D eigenvalue weighted by atomic mass is 10.1. The third-order valence-electron chi connectivity index (χ3n) is 4.15. The summed E-state index contributed by atoms with van der Waals surface area (Å²) >= 11 is 0. The van der Waals surface area contributed by atoms with Gasteiger partial charge in [0, 0.05) is 25.0 Å². The number of hydrogen-bond donors (Lipinski definition) is 0. The zero-order valence-electron chi connectivity index (χ0n) is 14.8. The molecule has 0 N–H and O–H groups in total. The summed E-state index contributed by atoms with van der Waals surface area (Å²) < 4.78 is 17.7. The van der Waals surface area contributed by atoms with Crippen molar-refractivity contribution in [2.75, 3.05) is 26.4 Å². The number of ether oxygens (including phenoxy) is 3. The molecular weight excluding hydrogens is 306 g/mol. The fourth-order valence-electron chi connectivity index (χ4n) is 2.66. The zero-order chi connectivity index (χ0) is 17.2. The van der Waals surface area contributed by atoms with Crippen molar-refractivity contribution in [1.82, 2.24) is 4.90 Å². The molecule has 2 atom stereocenters. The van der Waals surface area contributed by atoms with Gasteiger partial charge in [-0.1, -0.05) is 26.7 Å². The van der Waals surface area contributed by atoms with Crippen LogP contribution in [0.25, 0.3) is 5.53 Å². The minimum absolute atomic E-state index is 0.105. The molecule has 6 nitrogen and oxygen atoms in total. The van der Waals surface area contributed by atoms with Gasteiger partial charge >= 0.3 is 0 Å². The molecule has 0 radical (unpaired) electrons.